The summed E-state index contributed by atoms with van der Waals surface area (Å²) < 4.78 is 63.0. The van der Waals surface area contributed by atoms with E-state index in [4.69, 9.17) is 4.74 Å². The van der Waals surface area contributed by atoms with Gasteiger partial charge in [0.25, 0.3) is 0 Å². The number of hydrogen-bond acceptors (Lipinski definition) is 1. The van der Waals surface area contributed by atoms with Gasteiger partial charge >= 0.3 is 0 Å². The van der Waals surface area contributed by atoms with Crippen LogP contribution in [0.4, 0.5) is 17.6 Å². The summed E-state index contributed by atoms with van der Waals surface area (Å²) in [5, 5.41) is 0. The molecule has 3 rings (SSSR count). The van der Waals surface area contributed by atoms with Crippen molar-refractivity contribution >= 4 is 0 Å². The van der Waals surface area contributed by atoms with Crippen molar-refractivity contribution in [3.05, 3.63) is 99.6 Å². The minimum Gasteiger partial charge on any atom is -0.491 e. The minimum absolute atomic E-state index is 0.0356. The first-order chi connectivity index (χ1) is 16.4. The number of halogens is 4. The van der Waals surface area contributed by atoms with E-state index in [1.54, 1.807) is 24.3 Å². The molecule has 182 valence electrons. The zero-order valence-electron chi connectivity index (χ0n) is 19.9. The lowest BCUT2D eigenvalue weighted by Crippen LogP contribution is -2.02. The average molecular weight is 473 g/mol. The van der Waals surface area contributed by atoms with Gasteiger partial charge in [-0.05, 0) is 91.1 Å². The predicted octanol–water partition coefficient (Wildman–Crippen LogP) is 7.94. The fourth-order valence-electron chi connectivity index (χ4n) is 3.97. The molecule has 5 heteroatoms. The third kappa shape index (κ3) is 7.09. The van der Waals surface area contributed by atoms with Crippen LogP contribution in [0.1, 0.15) is 60.9 Å². The summed E-state index contributed by atoms with van der Waals surface area (Å²) in [5.74, 6) is -1.63. The van der Waals surface area contributed by atoms with E-state index in [1.807, 2.05) is 13.8 Å². The Morgan fingerprint density at radius 2 is 1.21 bits per heavy atom. The van der Waals surface area contributed by atoms with E-state index in [0.717, 1.165) is 24.8 Å². The second-order valence-electron chi connectivity index (χ2n) is 8.68. The number of hydrogen-bond donors (Lipinski definition) is 0. The van der Waals surface area contributed by atoms with Gasteiger partial charge in [-0.15, -0.1) is 0 Å². The van der Waals surface area contributed by atoms with Crippen LogP contribution in [0, 0.1) is 23.3 Å². The maximum absolute atomic E-state index is 14.6. The quantitative estimate of drug-likeness (QED) is 0.192. The normalized spacial score (nSPS) is 11.1. The highest BCUT2D eigenvalue weighted by atomic mass is 19.1. The highest BCUT2D eigenvalue weighted by Gasteiger charge is 2.13. The molecule has 0 amide bonds. The van der Waals surface area contributed by atoms with Gasteiger partial charge < -0.3 is 4.74 Å². The SMILES string of the molecule is CCCCOc1ccc(CCc2ccc(CCc3c(F)cc(CCC)cc3F)cc2F)cc1F. The fourth-order valence-corrected chi connectivity index (χ4v) is 3.97. The van der Waals surface area contributed by atoms with E-state index in [0.29, 0.717) is 49.0 Å². The maximum Gasteiger partial charge on any atom is 0.165 e. The maximum atomic E-state index is 14.6. The molecule has 0 spiro atoms. The van der Waals surface area contributed by atoms with E-state index in [2.05, 4.69) is 0 Å². The topological polar surface area (TPSA) is 9.23 Å². The Morgan fingerprint density at radius 1 is 0.588 bits per heavy atom. The molecule has 0 unspecified atom stereocenters. The van der Waals surface area contributed by atoms with E-state index >= 15 is 0 Å². The van der Waals surface area contributed by atoms with Gasteiger partial charge in [0.15, 0.2) is 11.6 Å². The summed E-state index contributed by atoms with van der Waals surface area (Å²) in [6.07, 6.45) is 4.70. The molecule has 1 nitrogen and oxygen atoms in total. The third-order valence-electron chi connectivity index (χ3n) is 5.96. The molecular weight excluding hydrogens is 440 g/mol. The van der Waals surface area contributed by atoms with Crippen molar-refractivity contribution in [3.63, 3.8) is 0 Å². The molecule has 0 N–H and O–H groups in total. The molecule has 0 saturated heterocycles. The number of benzene rings is 3. The molecular formula is C29H32F4O. The van der Waals surface area contributed by atoms with Gasteiger partial charge in [0.1, 0.15) is 17.5 Å². The summed E-state index contributed by atoms with van der Waals surface area (Å²) in [4.78, 5) is 0. The Labute approximate surface area is 199 Å². The largest absolute Gasteiger partial charge is 0.491 e. The fraction of sp³-hybridized carbons (Fsp3) is 0.379. The number of unbranched alkanes of at least 4 members (excludes halogenated alkanes) is 1. The van der Waals surface area contributed by atoms with Crippen LogP contribution in [0.15, 0.2) is 48.5 Å². The molecule has 3 aromatic rings. The Kier molecular flexibility index (Phi) is 9.55. The molecule has 0 saturated carbocycles. The highest BCUT2D eigenvalue weighted by Crippen LogP contribution is 2.22. The smallest absolute Gasteiger partial charge is 0.165 e. The third-order valence-corrected chi connectivity index (χ3v) is 5.96. The molecule has 0 aliphatic carbocycles. The van der Waals surface area contributed by atoms with Crippen LogP contribution >= 0.6 is 0 Å². The monoisotopic (exact) mass is 472 g/mol. The van der Waals surface area contributed by atoms with Gasteiger partial charge in [-0.2, -0.15) is 0 Å². The molecule has 0 aromatic heterocycles. The van der Waals surface area contributed by atoms with Crippen molar-refractivity contribution in [1.82, 2.24) is 0 Å². The summed E-state index contributed by atoms with van der Waals surface area (Å²) in [6, 6.07) is 12.5. The average Bonchev–Trinajstić information content (AvgIpc) is 2.79. The minimum atomic E-state index is -0.547. The zero-order valence-corrected chi connectivity index (χ0v) is 19.9. The number of rotatable bonds is 12. The summed E-state index contributed by atoms with van der Waals surface area (Å²) in [5.41, 5.74) is 2.65. The molecule has 0 bridgehead atoms. The standard InChI is InChI=1S/C29H32F4O/c1-3-5-15-34-29-14-10-21(17-28(29)33)8-12-23-11-7-20(16-25(23)30)9-13-24-26(31)18-22(6-4-2)19-27(24)32/h7,10-11,14,16-19H,3-6,8-9,12-13,15H2,1-2H3. The van der Waals surface area contributed by atoms with Crippen LogP contribution in [-0.2, 0) is 32.1 Å². The van der Waals surface area contributed by atoms with Crippen LogP contribution < -0.4 is 4.74 Å². The van der Waals surface area contributed by atoms with Gasteiger partial charge in [-0.3, -0.25) is 0 Å². The molecule has 0 heterocycles. The summed E-state index contributed by atoms with van der Waals surface area (Å²) >= 11 is 0. The molecule has 0 radical (unpaired) electrons. The molecule has 34 heavy (non-hydrogen) atoms. The Bertz CT molecular complexity index is 1070. The van der Waals surface area contributed by atoms with Crippen molar-refractivity contribution in [1.29, 1.82) is 0 Å². The molecule has 0 aliphatic rings. The van der Waals surface area contributed by atoms with Gasteiger partial charge in [-0.1, -0.05) is 44.9 Å². The Hall–Kier alpha value is -2.82. The molecule has 0 fully saturated rings. The van der Waals surface area contributed by atoms with Crippen molar-refractivity contribution in [3.8, 4) is 5.75 Å². The van der Waals surface area contributed by atoms with Crippen LogP contribution in [0.5, 0.6) is 5.75 Å². The van der Waals surface area contributed by atoms with Gasteiger partial charge in [0.05, 0.1) is 6.61 Å². The van der Waals surface area contributed by atoms with E-state index in [-0.39, 0.29) is 23.6 Å². The lowest BCUT2D eigenvalue weighted by Gasteiger charge is -2.10. The lowest BCUT2D eigenvalue weighted by atomic mass is 9.98. The Morgan fingerprint density at radius 3 is 1.82 bits per heavy atom. The predicted molar refractivity (Wildman–Crippen MR) is 128 cm³/mol. The van der Waals surface area contributed by atoms with Gasteiger partial charge in [0.2, 0.25) is 0 Å². The molecule has 0 aliphatic heterocycles. The van der Waals surface area contributed by atoms with E-state index in [9.17, 15) is 17.6 Å². The van der Waals surface area contributed by atoms with Gasteiger partial charge in [-0.25, -0.2) is 17.6 Å². The second kappa shape index (κ2) is 12.6. The number of ether oxygens (including phenoxy) is 1. The zero-order chi connectivity index (χ0) is 24.5. The van der Waals surface area contributed by atoms with E-state index < -0.39 is 17.5 Å². The van der Waals surface area contributed by atoms with Crippen molar-refractivity contribution < 1.29 is 22.3 Å². The number of aryl methyl sites for hydroxylation is 4. The first-order valence-electron chi connectivity index (χ1n) is 12.1. The van der Waals surface area contributed by atoms with Crippen LogP contribution in [0.2, 0.25) is 0 Å². The van der Waals surface area contributed by atoms with Crippen molar-refractivity contribution in [2.45, 2.75) is 65.2 Å². The van der Waals surface area contributed by atoms with Crippen LogP contribution in [0.3, 0.4) is 0 Å². The van der Waals surface area contributed by atoms with Crippen LogP contribution in [-0.4, -0.2) is 6.61 Å². The summed E-state index contributed by atoms with van der Waals surface area (Å²) in [7, 11) is 0. The molecule has 0 atom stereocenters. The molecule has 3 aromatic carbocycles. The first-order valence-corrected chi connectivity index (χ1v) is 12.1. The first kappa shape index (κ1) is 25.8. The Balaban J connectivity index is 1.58. The summed E-state index contributed by atoms with van der Waals surface area (Å²) in [6.45, 7) is 4.48. The van der Waals surface area contributed by atoms with Crippen molar-refractivity contribution in [2.75, 3.05) is 6.61 Å². The highest BCUT2D eigenvalue weighted by molar-refractivity contribution is 5.32. The van der Waals surface area contributed by atoms with Crippen molar-refractivity contribution in [2.24, 2.45) is 0 Å². The van der Waals surface area contributed by atoms with E-state index in [1.165, 1.54) is 24.3 Å². The lowest BCUT2D eigenvalue weighted by molar-refractivity contribution is 0.294. The van der Waals surface area contributed by atoms with Gasteiger partial charge in [0, 0.05) is 5.56 Å². The van der Waals surface area contributed by atoms with Crippen LogP contribution in [0.25, 0.3) is 0 Å². The second-order valence-corrected chi connectivity index (χ2v) is 8.68.